The normalized spacial score (nSPS) is 23.0. The molecule has 0 saturated carbocycles. The number of carbonyl (C=O) groups is 3. The van der Waals surface area contributed by atoms with Gasteiger partial charge in [-0.25, -0.2) is 4.79 Å². The summed E-state index contributed by atoms with van der Waals surface area (Å²) in [7, 11) is 0. The van der Waals surface area contributed by atoms with Crippen molar-refractivity contribution in [2.45, 2.75) is 45.1 Å². The fraction of sp³-hybridized carbons (Fsp3) is 0.800. The third kappa shape index (κ3) is 3.90. The highest BCUT2D eigenvalue weighted by atomic mass is 16.6. The molecule has 0 aromatic rings. The maximum Gasteiger partial charge on any atom is 0.409 e. The molecule has 0 spiro atoms. The molecule has 1 N–H and O–H groups in total. The second kappa shape index (κ2) is 7.47. The van der Waals surface area contributed by atoms with Crippen molar-refractivity contribution in [3.8, 4) is 0 Å². The van der Waals surface area contributed by atoms with E-state index >= 15 is 0 Å². The van der Waals surface area contributed by atoms with Crippen LogP contribution in [-0.2, 0) is 14.3 Å². The highest BCUT2D eigenvalue weighted by molar-refractivity contribution is 5.86. The van der Waals surface area contributed by atoms with Crippen LogP contribution in [0, 0.1) is 5.92 Å². The van der Waals surface area contributed by atoms with Crippen molar-refractivity contribution in [1.29, 1.82) is 0 Å². The molecule has 2 aliphatic rings. The lowest BCUT2D eigenvalue weighted by Crippen LogP contribution is -2.47. The Kier molecular flexibility index (Phi) is 5.63. The first-order valence-corrected chi connectivity index (χ1v) is 7.97. The van der Waals surface area contributed by atoms with Crippen LogP contribution in [0.4, 0.5) is 4.79 Å². The maximum absolute atomic E-state index is 11.9. The summed E-state index contributed by atoms with van der Waals surface area (Å²) in [4.78, 5) is 38.1. The minimum absolute atomic E-state index is 0.0385. The molecule has 7 nitrogen and oxygen atoms in total. The zero-order valence-electron chi connectivity index (χ0n) is 13.0. The molecule has 1 atom stereocenters. The van der Waals surface area contributed by atoms with Gasteiger partial charge in [0.2, 0.25) is 5.91 Å². The number of ether oxygens (including phenoxy) is 1. The van der Waals surface area contributed by atoms with E-state index < -0.39 is 11.9 Å². The average molecular weight is 312 g/mol. The molecule has 2 rings (SSSR count). The van der Waals surface area contributed by atoms with Gasteiger partial charge in [0, 0.05) is 32.1 Å². The summed E-state index contributed by atoms with van der Waals surface area (Å²) in [5.74, 6) is -1.59. The quantitative estimate of drug-likeness (QED) is 0.774. The molecule has 2 amide bonds. The van der Waals surface area contributed by atoms with Crippen LogP contribution >= 0.6 is 0 Å². The number of hydrogen-bond donors (Lipinski definition) is 1. The third-order valence-corrected chi connectivity index (χ3v) is 4.39. The molecule has 2 aliphatic heterocycles. The van der Waals surface area contributed by atoms with Crippen molar-refractivity contribution in [1.82, 2.24) is 9.80 Å². The lowest BCUT2D eigenvalue weighted by Gasteiger charge is -2.36. The molecule has 124 valence electrons. The van der Waals surface area contributed by atoms with Crippen molar-refractivity contribution < 1.29 is 24.2 Å². The standard InChI is InChI=1S/C15H24N2O5/c1-2-3-8-22-15(21)16-6-4-12(5-7-16)17-10-11(14(19)20)9-13(17)18/h11-12H,2-10H2,1H3,(H,19,20). The van der Waals surface area contributed by atoms with E-state index in [-0.39, 0.29) is 24.5 Å². The van der Waals surface area contributed by atoms with E-state index in [1.165, 1.54) is 0 Å². The van der Waals surface area contributed by atoms with E-state index in [9.17, 15) is 14.4 Å². The van der Waals surface area contributed by atoms with Crippen LogP contribution in [0.25, 0.3) is 0 Å². The van der Waals surface area contributed by atoms with Crippen molar-refractivity contribution in [3.63, 3.8) is 0 Å². The van der Waals surface area contributed by atoms with Gasteiger partial charge in [0.25, 0.3) is 0 Å². The summed E-state index contributed by atoms with van der Waals surface area (Å²) in [5.41, 5.74) is 0. The van der Waals surface area contributed by atoms with Crippen LogP contribution in [0.2, 0.25) is 0 Å². The van der Waals surface area contributed by atoms with Crippen LogP contribution in [0.3, 0.4) is 0 Å². The van der Waals surface area contributed by atoms with Gasteiger partial charge in [0.05, 0.1) is 12.5 Å². The minimum atomic E-state index is -0.909. The fourth-order valence-corrected chi connectivity index (χ4v) is 3.01. The first-order valence-electron chi connectivity index (χ1n) is 7.97. The number of aliphatic carboxylic acids is 1. The predicted molar refractivity (Wildman–Crippen MR) is 78.3 cm³/mol. The predicted octanol–water partition coefficient (Wildman–Crippen LogP) is 1.32. The van der Waals surface area contributed by atoms with Crippen LogP contribution < -0.4 is 0 Å². The number of likely N-dealkylation sites (tertiary alicyclic amines) is 2. The van der Waals surface area contributed by atoms with Gasteiger partial charge in [-0.15, -0.1) is 0 Å². The molecule has 2 saturated heterocycles. The molecule has 1 unspecified atom stereocenters. The molecular weight excluding hydrogens is 288 g/mol. The first-order chi connectivity index (χ1) is 10.5. The summed E-state index contributed by atoms with van der Waals surface area (Å²) in [5, 5.41) is 9.02. The van der Waals surface area contributed by atoms with Crippen molar-refractivity contribution in [2.24, 2.45) is 5.92 Å². The fourth-order valence-electron chi connectivity index (χ4n) is 3.01. The monoisotopic (exact) mass is 312 g/mol. The Hall–Kier alpha value is -1.79. The molecule has 2 heterocycles. The van der Waals surface area contributed by atoms with Gasteiger partial charge in [-0.3, -0.25) is 9.59 Å². The Labute approximate surface area is 130 Å². The molecule has 0 aromatic heterocycles. The highest BCUT2D eigenvalue weighted by Gasteiger charge is 2.39. The van der Waals surface area contributed by atoms with E-state index in [1.54, 1.807) is 9.80 Å². The number of rotatable bonds is 5. The van der Waals surface area contributed by atoms with Gasteiger partial charge in [0.1, 0.15) is 0 Å². The SMILES string of the molecule is CCCCOC(=O)N1CCC(N2CC(C(=O)O)CC2=O)CC1. The smallest absolute Gasteiger partial charge is 0.409 e. The Morgan fingerprint density at radius 1 is 1.32 bits per heavy atom. The molecule has 22 heavy (non-hydrogen) atoms. The van der Waals surface area contributed by atoms with Gasteiger partial charge in [-0.05, 0) is 19.3 Å². The van der Waals surface area contributed by atoms with Gasteiger partial charge in [0.15, 0.2) is 0 Å². The highest BCUT2D eigenvalue weighted by Crippen LogP contribution is 2.25. The van der Waals surface area contributed by atoms with E-state index in [0.717, 1.165) is 12.8 Å². The Morgan fingerprint density at radius 3 is 2.55 bits per heavy atom. The number of amides is 2. The van der Waals surface area contributed by atoms with E-state index in [1.807, 2.05) is 6.92 Å². The second-order valence-corrected chi connectivity index (χ2v) is 5.97. The topological polar surface area (TPSA) is 87.2 Å². The Bertz CT molecular complexity index is 432. The molecule has 0 radical (unpaired) electrons. The minimum Gasteiger partial charge on any atom is -0.481 e. The summed E-state index contributed by atoms with van der Waals surface area (Å²) >= 11 is 0. The van der Waals surface area contributed by atoms with Crippen LogP contribution in [0.1, 0.15) is 39.0 Å². The lowest BCUT2D eigenvalue weighted by atomic mass is 10.0. The molecule has 2 fully saturated rings. The number of carbonyl (C=O) groups excluding carboxylic acids is 2. The molecule has 0 aliphatic carbocycles. The van der Waals surface area contributed by atoms with Crippen LogP contribution in [-0.4, -0.2) is 65.2 Å². The zero-order chi connectivity index (χ0) is 16.1. The summed E-state index contributed by atoms with van der Waals surface area (Å²) in [6.07, 6.45) is 3.01. The summed E-state index contributed by atoms with van der Waals surface area (Å²) in [6, 6.07) is 0.0385. The zero-order valence-corrected chi connectivity index (χ0v) is 13.0. The Morgan fingerprint density at radius 2 is 2.00 bits per heavy atom. The lowest BCUT2D eigenvalue weighted by molar-refractivity contribution is -0.141. The number of hydrogen-bond acceptors (Lipinski definition) is 4. The van der Waals surface area contributed by atoms with E-state index in [4.69, 9.17) is 9.84 Å². The molecule has 0 bridgehead atoms. The van der Waals surface area contributed by atoms with Crippen LogP contribution in [0.15, 0.2) is 0 Å². The van der Waals surface area contributed by atoms with Gasteiger partial charge in [-0.2, -0.15) is 0 Å². The van der Waals surface area contributed by atoms with Crippen molar-refractivity contribution in [3.05, 3.63) is 0 Å². The third-order valence-electron chi connectivity index (χ3n) is 4.39. The second-order valence-electron chi connectivity index (χ2n) is 5.97. The van der Waals surface area contributed by atoms with E-state index in [2.05, 4.69) is 0 Å². The van der Waals surface area contributed by atoms with Crippen molar-refractivity contribution >= 4 is 18.0 Å². The van der Waals surface area contributed by atoms with Gasteiger partial charge in [-0.1, -0.05) is 13.3 Å². The molecule has 0 aromatic carbocycles. The first kappa shape index (κ1) is 16.6. The summed E-state index contributed by atoms with van der Waals surface area (Å²) < 4.78 is 5.18. The number of carboxylic acid groups (broad SMARTS) is 1. The van der Waals surface area contributed by atoms with Crippen molar-refractivity contribution in [2.75, 3.05) is 26.2 Å². The van der Waals surface area contributed by atoms with E-state index in [0.29, 0.717) is 39.1 Å². The Balaban J connectivity index is 1.78. The van der Waals surface area contributed by atoms with Gasteiger partial charge >= 0.3 is 12.1 Å². The number of unbranched alkanes of at least 4 members (excludes halogenated alkanes) is 1. The molecule has 7 heteroatoms. The average Bonchev–Trinajstić information content (AvgIpc) is 2.90. The molecular formula is C15H24N2O5. The summed E-state index contributed by atoms with van der Waals surface area (Å²) in [6.45, 7) is 3.88. The van der Waals surface area contributed by atoms with Gasteiger partial charge < -0.3 is 19.6 Å². The number of nitrogens with zero attached hydrogens (tertiary/aromatic N) is 2. The van der Waals surface area contributed by atoms with Crippen LogP contribution in [0.5, 0.6) is 0 Å². The largest absolute Gasteiger partial charge is 0.481 e. The number of piperidine rings is 1. The maximum atomic E-state index is 11.9. The number of carboxylic acids is 1.